The van der Waals surface area contributed by atoms with E-state index in [9.17, 15) is 24.3 Å². The number of pyridine rings is 1. The zero-order chi connectivity index (χ0) is 41.9. The van der Waals surface area contributed by atoms with Crippen LogP contribution in [0, 0.1) is 0 Å². The third-order valence-corrected chi connectivity index (χ3v) is 12.0. The SMILES string of the molecule is C=CCN1CC(=O)N2C(CN(Cc3cccc4c(C(=O)Cc5ccc(N6CCN(C)CC6)nc5)cn(C)c34)C(=O)[C@@H]2Cc2ccc(O)cc2)N1C(=O)CCc1ccccc1. The summed E-state index contributed by atoms with van der Waals surface area (Å²) in [4.78, 5) is 69.7. The number of likely N-dealkylation sites (N-methyl/N-ethyl adjacent to an activating group) is 1. The highest BCUT2D eigenvalue weighted by Crippen LogP contribution is 2.32. The highest BCUT2D eigenvalue weighted by atomic mass is 16.3. The number of fused-ring (bicyclic) bond motifs is 2. The number of phenols is 1. The number of hydrogen-bond donors (Lipinski definition) is 1. The standard InChI is InChI=1S/C47H52N8O5/c1-4-21-53-32-45(59)54-40(26-34-13-17-37(56)18-14-34)47(60)52(31-43(54)55(53)44(58)20-16-33-9-6-5-7-10-33)29-36-11-8-12-38-39(30-50(3)46(36)38)41(57)27-35-15-19-42(48-28-35)51-24-22-49(2)23-25-51/h4-15,17-19,28,30,40,43,56H,1,16,20-27,29,31-32H2,2-3H3/t40-,43?/m0/s1. The second-order valence-corrected chi connectivity index (χ2v) is 16.1. The zero-order valence-electron chi connectivity index (χ0n) is 34.3. The number of ketones is 1. The number of carbonyl (C=O) groups excluding carboxylic acids is 4. The number of piperazine rings is 2. The van der Waals surface area contributed by atoms with Crippen molar-refractivity contribution in [1.29, 1.82) is 0 Å². The van der Waals surface area contributed by atoms with Gasteiger partial charge in [-0.15, -0.1) is 6.58 Å². The number of aromatic hydroxyl groups is 1. The largest absolute Gasteiger partial charge is 0.508 e. The molecule has 0 saturated carbocycles. The van der Waals surface area contributed by atoms with Crippen molar-refractivity contribution in [2.24, 2.45) is 7.05 Å². The summed E-state index contributed by atoms with van der Waals surface area (Å²) in [6.07, 6.45) is 5.69. The molecule has 1 unspecified atom stereocenters. The van der Waals surface area contributed by atoms with Crippen LogP contribution in [0.2, 0.25) is 0 Å². The predicted octanol–water partition coefficient (Wildman–Crippen LogP) is 4.44. The third kappa shape index (κ3) is 8.41. The minimum atomic E-state index is -0.905. The molecule has 310 valence electrons. The van der Waals surface area contributed by atoms with Crippen molar-refractivity contribution < 1.29 is 24.3 Å². The van der Waals surface area contributed by atoms with Gasteiger partial charge in [0.05, 0.1) is 18.6 Å². The average molecular weight is 809 g/mol. The number of anilines is 1. The molecule has 13 nitrogen and oxygen atoms in total. The van der Waals surface area contributed by atoms with Crippen LogP contribution in [0.15, 0.2) is 110 Å². The number of phenolic OH excluding ortho intramolecular Hbond substituents is 1. The van der Waals surface area contributed by atoms with Crippen molar-refractivity contribution in [3.63, 3.8) is 0 Å². The van der Waals surface area contributed by atoms with E-state index in [0.29, 0.717) is 12.0 Å². The van der Waals surface area contributed by atoms with Gasteiger partial charge in [-0.1, -0.05) is 72.8 Å². The number of hydrazine groups is 1. The van der Waals surface area contributed by atoms with E-state index in [2.05, 4.69) is 23.4 Å². The summed E-state index contributed by atoms with van der Waals surface area (Å²) in [5, 5.41) is 14.2. The summed E-state index contributed by atoms with van der Waals surface area (Å²) in [6, 6.07) is 25.3. The summed E-state index contributed by atoms with van der Waals surface area (Å²) in [6.45, 7) is 8.19. The van der Waals surface area contributed by atoms with E-state index in [1.807, 2.05) is 78.5 Å². The molecule has 13 heteroatoms. The van der Waals surface area contributed by atoms with E-state index in [1.165, 1.54) is 0 Å². The number of nitrogens with zero attached hydrogens (tertiary/aromatic N) is 8. The van der Waals surface area contributed by atoms with E-state index in [4.69, 9.17) is 4.98 Å². The van der Waals surface area contributed by atoms with Gasteiger partial charge in [0.25, 0.3) is 0 Å². The van der Waals surface area contributed by atoms with Gasteiger partial charge in [-0.3, -0.25) is 19.2 Å². The number of rotatable bonds is 13. The van der Waals surface area contributed by atoms with Crippen LogP contribution in [0.4, 0.5) is 5.82 Å². The van der Waals surface area contributed by atoms with Crippen LogP contribution >= 0.6 is 0 Å². The minimum Gasteiger partial charge on any atom is -0.508 e. The topological polar surface area (TPSA) is 126 Å². The molecular formula is C47H52N8O5. The molecular weight excluding hydrogens is 757 g/mol. The minimum absolute atomic E-state index is 0.0294. The fourth-order valence-corrected chi connectivity index (χ4v) is 8.90. The number of benzene rings is 3. The van der Waals surface area contributed by atoms with Crippen LogP contribution in [-0.4, -0.2) is 128 Å². The van der Waals surface area contributed by atoms with Gasteiger partial charge in [0, 0.05) is 88.9 Å². The lowest BCUT2D eigenvalue weighted by molar-refractivity contribution is -0.205. The molecule has 3 fully saturated rings. The lowest BCUT2D eigenvalue weighted by Gasteiger charge is -2.55. The quantitative estimate of drug-likeness (QED) is 0.136. The summed E-state index contributed by atoms with van der Waals surface area (Å²) in [7, 11) is 4.03. The van der Waals surface area contributed by atoms with Crippen LogP contribution in [0.1, 0.15) is 39.0 Å². The summed E-state index contributed by atoms with van der Waals surface area (Å²) in [5.74, 6) is 0.345. The van der Waals surface area contributed by atoms with Crippen LogP contribution < -0.4 is 4.90 Å². The van der Waals surface area contributed by atoms with E-state index in [-0.39, 0.29) is 74.7 Å². The molecule has 0 spiro atoms. The van der Waals surface area contributed by atoms with E-state index < -0.39 is 12.2 Å². The van der Waals surface area contributed by atoms with Crippen molar-refractivity contribution in [1.82, 2.24) is 34.3 Å². The van der Waals surface area contributed by atoms with E-state index in [1.54, 1.807) is 56.4 Å². The Morgan fingerprint density at radius 3 is 2.35 bits per heavy atom. The monoisotopic (exact) mass is 808 g/mol. The van der Waals surface area contributed by atoms with Gasteiger partial charge < -0.3 is 29.3 Å². The smallest absolute Gasteiger partial charge is 0.246 e. The van der Waals surface area contributed by atoms with Crippen LogP contribution in [-0.2, 0) is 47.2 Å². The van der Waals surface area contributed by atoms with E-state index in [0.717, 1.165) is 65.2 Å². The lowest BCUT2D eigenvalue weighted by Crippen LogP contribution is -2.75. The zero-order valence-corrected chi connectivity index (χ0v) is 34.3. The van der Waals surface area contributed by atoms with Crippen molar-refractivity contribution in [3.05, 3.63) is 138 Å². The van der Waals surface area contributed by atoms with Crippen molar-refractivity contribution in [2.75, 3.05) is 57.8 Å². The molecule has 0 bridgehead atoms. The summed E-state index contributed by atoms with van der Waals surface area (Å²) < 4.78 is 1.94. The van der Waals surface area contributed by atoms with E-state index >= 15 is 0 Å². The third-order valence-electron chi connectivity index (χ3n) is 12.0. The molecule has 3 aromatic carbocycles. The van der Waals surface area contributed by atoms with Gasteiger partial charge in [-0.25, -0.2) is 15.0 Å². The van der Waals surface area contributed by atoms with Crippen molar-refractivity contribution >= 4 is 40.2 Å². The molecule has 1 N–H and O–H groups in total. The van der Waals surface area contributed by atoms with Gasteiger partial charge in [0.1, 0.15) is 23.8 Å². The molecule has 2 atom stereocenters. The van der Waals surface area contributed by atoms with Gasteiger partial charge in [0.2, 0.25) is 17.7 Å². The number of Topliss-reactive ketones (excluding diaryl/α,β-unsaturated/α-hetero) is 1. The average Bonchev–Trinajstić information content (AvgIpc) is 3.60. The second kappa shape index (κ2) is 17.5. The molecule has 2 aromatic heterocycles. The Bertz CT molecular complexity index is 2370. The lowest BCUT2D eigenvalue weighted by atomic mass is 9.97. The molecule has 5 aromatic rings. The maximum atomic E-state index is 14.8. The first-order chi connectivity index (χ1) is 29.1. The number of aromatic nitrogens is 2. The normalized spacial score (nSPS) is 18.9. The van der Waals surface area contributed by atoms with Gasteiger partial charge in [-0.05, 0) is 53.9 Å². The number of aryl methyl sites for hydroxylation is 2. The highest BCUT2D eigenvalue weighted by Gasteiger charge is 2.51. The molecule has 3 aliphatic rings. The Balaban J connectivity index is 1.08. The predicted molar refractivity (Wildman–Crippen MR) is 230 cm³/mol. The molecule has 3 amide bonds. The Labute approximate surface area is 350 Å². The first-order valence-corrected chi connectivity index (χ1v) is 20.7. The molecule has 5 heterocycles. The fraction of sp³-hybridized carbons (Fsp3) is 0.340. The van der Waals surface area contributed by atoms with Crippen LogP contribution in [0.3, 0.4) is 0 Å². The number of carbonyl (C=O) groups is 4. The molecule has 0 radical (unpaired) electrons. The number of hydrogen-bond acceptors (Lipinski definition) is 9. The molecule has 3 aliphatic heterocycles. The van der Waals surface area contributed by atoms with Crippen LogP contribution in [0.25, 0.3) is 10.9 Å². The molecule has 60 heavy (non-hydrogen) atoms. The maximum absolute atomic E-state index is 14.8. The molecule has 3 saturated heterocycles. The number of para-hydroxylation sites is 1. The Hall–Kier alpha value is -6.31. The molecule has 8 rings (SSSR count). The maximum Gasteiger partial charge on any atom is 0.246 e. The molecule has 0 aliphatic carbocycles. The van der Waals surface area contributed by atoms with Gasteiger partial charge in [-0.2, -0.15) is 0 Å². The van der Waals surface area contributed by atoms with Gasteiger partial charge in [0.15, 0.2) is 5.78 Å². The Morgan fingerprint density at radius 1 is 0.883 bits per heavy atom. The Kier molecular flexibility index (Phi) is 11.8. The number of amides is 3. The van der Waals surface area contributed by atoms with Crippen molar-refractivity contribution in [2.45, 2.75) is 44.4 Å². The Morgan fingerprint density at radius 2 is 1.63 bits per heavy atom. The second-order valence-electron chi connectivity index (χ2n) is 16.1. The first kappa shape index (κ1) is 40.5. The van der Waals surface area contributed by atoms with Crippen molar-refractivity contribution in [3.8, 4) is 5.75 Å². The summed E-state index contributed by atoms with van der Waals surface area (Å²) in [5.41, 5.74) is 4.90. The van der Waals surface area contributed by atoms with Crippen LogP contribution in [0.5, 0.6) is 5.75 Å². The fourth-order valence-electron chi connectivity index (χ4n) is 8.90. The highest BCUT2D eigenvalue weighted by molar-refractivity contribution is 6.09. The van der Waals surface area contributed by atoms with Gasteiger partial charge >= 0.3 is 0 Å². The summed E-state index contributed by atoms with van der Waals surface area (Å²) >= 11 is 0. The first-order valence-electron chi connectivity index (χ1n) is 20.7.